The maximum absolute atomic E-state index is 13.3. The first-order chi connectivity index (χ1) is 9.27. The third-order valence-corrected chi connectivity index (χ3v) is 3.12. The highest BCUT2D eigenvalue weighted by atomic mass is 19.4. The molecule has 0 aromatic heterocycles. The van der Waals surface area contributed by atoms with E-state index >= 15 is 0 Å². The molecule has 1 unspecified atom stereocenters. The van der Waals surface area contributed by atoms with E-state index in [1.165, 1.54) is 24.3 Å². The van der Waals surface area contributed by atoms with Crippen LogP contribution in [0.3, 0.4) is 0 Å². The van der Waals surface area contributed by atoms with Crippen molar-refractivity contribution in [2.45, 2.75) is 19.0 Å². The summed E-state index contributed by atoms with van der Waals surface area (Å²) in [6, 6.07) is 7.81. The zero-order valence-corrected chi connectivity index (χ0v) is 10.5. The minimum absolute atomic E-state index is 0.198. The molecule has 0 aliphatic carbocycles. The Bertz CT molecular complexity index is 599. The van der Waals surface area contributed by atoms with Crippen molar-refractivity contribution >= 4 is 0 Å². The van der Waals surface area contributed by atoms with E-state index in [1.54, 1.807) is 6.92 Å². The second kappa shape index (κ2) is 5.23. The monoisotopic (exact) mass is 286 g/mol. The van der Waals surface area contributed by atoms with Gasteiger partial charge in [-0.3, -0.25) is 0 Å². The normalized spacial score (nSPS) is 13.3. The molecule has 2 aromatic carbocycles. The molecule has 20 heavy (non-hydrogen) atoms. The zero-order valence-electron chi connectivity index (χ0n) is 10.5. The Morgan fingerprint density at radius 3 is 1.95 bits per heavy atom. The summed E-state index contributed by atoms with van der Waals surface area (Å²) < 4.78 is 64.1. The first-order valence-corrected chi connectivity index (χ1v) is 5.90. The molecule has 2 aromatic rings. The van der Waals surface area contributed by atoms with Crippen LogP contribution in [0.5, 0.6) is 0 Å². The molecule has 106 valence electrons. The molecule has 0 bridgehead atoms. The number of hydrogen-bond donors (Lipinski definition) is 0. The van der Waals surface area contributed by atoms with Gasteiger partial charge >= 0.3 is 6.18 Å². The number of benzene rings is 2. The molecule has 5 heteroatoms. The molecular formula is C15H11F5. The molecule has 0 fully saturated rings. The molecule has 0 saturated carbocycles. The average Bonchev–Trinajstić information content (AvgIpc) is 2.37. The fourth-order valence-corrected chi connectivity index (χ4v) is 1.97. The Kier molecular flexibility index (Phi) is 3.79. The van der Waals surface area contributed by atoms with Crippen molar-refractivity contribution < 1.29 is 22.0 Å². The summed E-state index contributed by atoms with van der Waals surface area (Å²) in [5, 5.41) is 0. The lowest BCUT2D eigenvalue weighted by Crippen LogP contribution is -2.07. The van der Waals surface area contributed by atoms with Crippen molar-refractivity contribution in [2.24, 2.45) is 0 Å². The van der Waals surface area contributed by atoms with Gasteiger partial charge in [-0.2, -0.15) is 13.2 Å². The molecular weight excluding hydrogens is 275 g/mol. The lowest BCUT2D eigenvalue weighted by molar-refractivity contribution is -0.137. The topological polar surface area (TPSA) is 0 Å². The summed E-state index contributed by atoms with van der Waals surface area (Å²) in [5.74, 6) is -1.84. The summed E-state index contributed by atoms with van der Waals surface area (Å²) in [7, 11) is 0. The molecule has 0 saturated heterocycles. The minimum Gasteiger partial charge on any atom is -0.207 e. The van der Waals surface area contributed by atoms with Gasteiger partial charge in [-0.1, -0.05) is 19.1 Å². The molecule has 0 aliphatic heterocycles. The van der Waals surface area contributed by atoms with Crippen LogP contribution in [-0.4, -0.2) is 0 Å². The van der Waals surface area contributed by atoms with Gasteiger partial charge in [0.2, 0.25) is 0 Å². The van der Waals surface area contributed by atoms with Gasteiger partial charge in [0.15, 0.2) is 0 Å². The predicted molar refractivity (Wildman–Crippen MR) is 65.3 cm³/mol. The van der Waals surface area contributed by atoms with Crippen LogP contribution in [0.4, 0.5) is 22.0 Å². The fraction of sp³-hybridized carbons (Fsp3) is 0.200. The Morgan fingerprint density at radius 2 is 1.40 bits per heavy atom. The van der Waals surface area contributed by atoms with E-state index in [-0.39, 0.29) is 5.56 Å². The van der Waals surface area contributed by atoms with Gasteiger partial charge in [0.1, 0.15) is 11.6 Å². The quantitative estimate of drug-likeness (QED) is 0.671. The van der Waals surface area contributed by atoms with E-state index in [2.05, 4.69) is 0 Å². The van der Waals surface area contributed by atoms with Crippen LogP contribution in [-0.2, 0) is 6.18 Å². The highest BCUT2D eigenvalue weighted by Gasteiger charge is 2.31. The molecule has 2 rings (SSSR count). The van der Waals surface area contributed by atoms with E-state index in [9.17, 15) is 22.0 Å². The van der Waals surface area contributed by atoms with E-state index in [1.807, 2.05) is 0 Å². The number of rotatable bonds is 2. The second-order valence-electron chi connectivity index (χ2n) is 4.54. The standard InChI is InChI=1S/C15H11F5/c1-9(10-2-4-13(16)5-3-10)11-6-12(15(18,19)20)8-14(17)7-11/h2-9H,1H3. The first kappa shape index (κ1) is 14.5. The summed E-state index contributed by atoms with van der Waals surface area (Å²) in [6.07, 6.45) is -4.60. The van der Waals surface area contributed by atoms with Crippen molar-refractivity contribution in [3.63, 3.8) is 0 Å². The molecule has 1 atom stereocenters. The van der Waals surface area contributed by atoms with Crippen molar-refractivity contribution in [1.82, 2.24) is 0 Å². The SMILES string of the molecule is CC(c1ccc(F)cc1)c1cc(F)cc(C(F)(F)F)c1. The minimum atomic E-state index is -4.60. The van der Waals surface area contributed by atoms with Crippen LogP contribution in [0, 0.1) is 11.6 Å². The Morgan fingerprint density at radius 1 is 0.800 bits per heavy atom. The number of halogens is 5. The summed E-state index contributed by atoms with van der Waals surface area (Å²) in [4.78, 5) is 0. The Balaban J connectivity index is 2.42. The van der Waals surface area contributed by atoms with Gasteiger partial charge in [0.05, 0.1) is 5.56 Å². The maximum atomic E-state index is 13.3. The molecule has 0 nitrogen and oxygen atoms in total. The molecule has 0 heterocycles. The van der Waals surface area contributed by atoms with E-state index in [4.69, 9.17) is 0 Å². The predicted octanol–water partition coefficient (Wildman–Crippen LogP) is 5.14. The number of alkyl halides is 3. The van der Waals surface area contributed by atoms with Crippen molar-refractivity contribution in [3.8, 4) is 0 Å². The lowest BCUT2D eigenvalue weighted by atomic mass is 9.92. The Hall–Kier alpha value is -1.91. The highest BCUT2D eigenvalue weighted by molar-refractivity contribution is 5.35. The van der Waals surface area contributed by atoms with Gasteiger partial charge in [-0.25, -0.2) is 8.78 Å². The van der Waals surface area contributed by atoms with Crippen molar-refractivity contribution in [3.05, 3.63) is 70.8 Å². The van der Waals surface area contributed by atoms with E-state index in [0.717, 1.165) is 12.1 Å². The van der Waals surface area contributed by atoms with Crippen molar-refractivity contribution in [2.75, 3.05) is 0 Å². The molecule has 0 radical (unpaired) electrons. The van der Waals surface area contributed by atoms with Gasteiger partial charge in [-0.05, 0) is 41.5 Å². The van der Waals surface area contributed by atoms with E-state index < -0.39 is 29.3 Å². The Labute approximate surface area is 112 Å². The number of hydrogen-bond acceptors (Lipinski definition) is 0. The van der Waals surface area contributed by atoms with Crippen LogP contribution < -0.4 is 0 Å². The third kappa shape index (κ3) is 3.15. The van der Waals surface area contributed by atoms with Crippen LogP contribution in [0.2, 0.25) is 0 Å². The van der Waals surface area contributed by atoms with Crippen LogP contribution in [0.25, 0.3) is 0 Å². The average molecular weight is 286 g/mol. The zero-order chi connectivity index (χ0) is 14.9. The molecule has 0 spiro atoms. The smallest absolute Gasteiger partial charge is 0.207 e. The van der Waals surface area contributed by atoms with Crippen molar-refractivity contribution in [1.29, 1.82) is 0 Å². The maximum Gasteiger partial charge on any atom is 0.416 e. The largest absolute Gasteiger partial charge is 0.416 e. The second-order valence-corrected chi connectivity index (χ2v) is 4.54. The van der Waals surface area contributed by atoms with Gasteiger partial charge in [0, 0.05) is 5.92 Å². The van der Waals surface area contributed by atoms with Gasteiger partial charge in [-0.15, -0.1) is 0 Å². The van der Waals surface area contributed by atoms with E-state index in [0.29, 0.717) is 11.6 Å². The van der Waals surface area contributed by atoms with Crippen LogP contribution in [0.15, 0.2) is 42.5 Å². The first-order valence-electron chi connectivity index (χ1n) is 5.90. The summed E-state index contributed by atoms with van der Waals surface area (Å²) in [6.45, 7) is 1.64. The van der Waals surface area contributed by atoms with Gasteiger partial charge < -0.3 is 0 Å². The molecule has 0 aliphatic rings. The summed E-state index contributed by atoms with van der Waals surface area (Å²) >= 11 is 0. The van der Waals surface area contributed by atoms with Crippen LogP contribution in [0.1, 0.15) is 29.5 Å². The molecule has 0 amide bonds. The van der Waals surface area contributed by atoms with Crippen LogP contribution >= 0.6 is 0 Å². The summed E-state index contributed by atoms with van der Waals surface area (Å²) in [5.41, 5.74) is -0.212. The highest BCUT2D eigenvalue weighted by Crippen LogP contribution is 2.33. The molecule has 0 N–H and O–H groups in total. The van der Waals surface area contributed by atoms with Gasteiger partial charge in [0.25, 0.3) is 0 Å². The fourth-order valence-electron chi connectivity index (χ4n) is 1.97. The third-order valence-electron chi connectivity index (χ3n) is 3.12. The lowest BCUT2D eigenvalue weighted by Gasteiger charge is -2.15.